The van der Waals surface area contributed by atoms with E-state index in [4.69, 9.17) is 4.74 Å². The summed E-state index contributed by atoms with van der Waals surface area (Å²) in [5, 5.41) is 0. The molecule has 5 nitrogen and oxygen atoms in total. The Morgan fingerprint density at radius 1 is 1.07 bits per heavy atom. The van der Waals surface area contributed by atoms with Gasteiger partial charge >= 0.3 is 6.09 Å². The number of hydrogen-bond acceptors (Lipinski definition) is 3. The van der Waals surface area contributed by atoms with E-state index in [-0.39, 0.29) is 18.3 Å². The van der Waals surface area contributed by atoms with E-state index in [2.05, 4.69) is 0 Å². The molecule has 2 fully saturated rings. The Morgan fingerprint density at radius 3 is 2.54 bits per heavy atom. The maximum absolute atomic E-state index is 13.9. The van der Waals surface area contributed by atoms with Crippen LogP contribution in [-0.4, -0.2) is 47.0 Å². The van der Waals surface area contributed by atoms with Gasteiger partial charge in [0.25, 0.3) is 5.91 Å². The fourth-order valence-corrected chi connectivity index (χ4v) is 3.83. The quantitative estimate of drug-likeness (QED) is 0.810. The average Bonchev–Trinajstić information content (AvgIpc) is 2.98. The minimum Gasteiger partial charge on any atom is -0.441 e. The summed E-state index contributed by atoms with van der Waals surface area (Å²) < 4.78 is 32.9. The Balaban J connectivity index is 1.40. The van der Waals surface area contributed by atoms with E-state index in [9.17, 15) is 18.4 Å². The molecule has 146 valence electrons. The minimum absolute atomic E-state index is 0.152. The van der Waals surface area contributed by atoms with Gasteiger partial charge in [-0.15, -0.1) is 0 Å². The molecule has 2 aliphatic rings. The summed E-state index contributed by atoms with van der Waals surface area (Å²) >= 11 is 0. The highest BCUT2D eigenvalue weighted by Crippen LogP contribution is 2.34. The molecule has 0 unspecified atom stereocenters. The van der Waals surface area contributed by atoms with Crippen LogP contribution in [0, 0.1) is 11.6 Å². The van der Waals surface area contributed by atoms with Crippen LogP contribution in [-0.2, 0) is 11.3 Å². The van der Waals surface area contributed by atoms with E-state index < -0.39 is 17.5 Å². The Bertz CT molecular complexity index is 910. The maximum Gasteiger partial charge on any atom is 0.410 e. The van der Waals surface area contributed by atoms with Crippen LogP contribution in [0.15, 0.2) is 48.5 Å². The van der Waals surface area contributed by atoms with Gasteiger partial charge in [0.05, 0.1) is 13.1 Å². The third-order valence-corrected chi connectivity index (χ3v) is 5.39. The van der Waals surface area contributed by atoms with E-state index >= 15 is 0 Å². The number of ether oxygens (including phenoxy) is 1. The largest absolute Gasteiger partial charge is 0.441 e. The van der Waals surface area contributed by atoms with Crippen molar-refractivity contribution in [2.75, 3.05) is 19.6 Å². The van der Waals surface area contributed by atoms with Crippen molar-refractivity contribution in [1.82, 2.24) is 9.80 Å². The smallest absolute Gasteiger partial charge is 0.410 e. The average molecular weight is 386 g/mol. The predicted octanol–water partition coefficient (Wildman–Crippen LogP) is 3.59. The zero-order valence-corrected chi connectivity index (χ0v) is 15.2. The molecule has 2 aliphatic heterocycles. The summed E-state index contributed by atoms with van der Waals surface area (Å²) in [6.07, 6.45) is 0.523. The number of carbonyl (C=O) groups excluding carboxylic acids is 2. The first kappa shape index (κ1) is 18.4. The van der Waals surface area contributed by atoms with Crippen molar-refractivity contribution in [2.24, 2.45) is 0 Å². The lowest BCUT2D eigenvalue weighted by molar-refractivity contribution is 0.00311. The number of benzene rings is 2. The second-order valence-corrected chi connectivity index (χ2v) is 7.30. The molecule has 2 aromatic rings. The topological polar surface area (TPSA) is 49.9 Å². The third-order valence-electron chi connectivity index (χ3n) is 5.39. The van der Waals surface area contributed by atoms with Crippen molar-refractivity contribution >= 4 is 12.0 Å². The van der Waals surface area contributed by atoms with Gasteiger partial charge in [-0.3, -0.25) is 9.69 Å². The fraction of sp³-hybridized carbons (Fsp3) is 0.333. The molecule has 28 heavy (non-hydrogen) atoms. The lowest BCUT2D eigenvalue weighted by atomic mass is 9.91. The lowest BCUT2D eigenvalue weighted by Crippen LogP contribution is -2.48. The lowest BCUT2D eigenvalue weighted by Gasteiger charge is -2.37. The van der Waals surface area contributed by atoms with E-state index in [0.29, 0.717) is 43.6 Å². The zero-order valence-electron chi connectivity index (χ0n) is 15.2. The van der Waals surface area contributed by atoms with Gasteiger partial charge in [-0.25, -0.2) is 13.6 Å². The van der Waals surface area contributed by atoms with E-state index in [1.807, 2.05) is 0 Å². The molecule has 2 saturated heterocycles. The van der Waals surface area contributed by atoms with Gasteiger partial charge in [0.2, 0.25) is 0 Å². The van der Waals surface area contributed by atoms with Gasteiger partial charge < -0.3 is 9.64 Å². The van der Waals surface area contributed by atoms with Crippen molar-refractivity contribution in [3.63, 3.8) is 0 Å². The molecule has 1 spiro atoms. The molecule has 4 rings (SSSR count). The number of hydrogen-bond donors (Lipinski definition) is 0. The monoisotopic (exact) mass is 386 g/mol. The second-order valence-electron chi connectivity index (χ2n) is 7.30. The van der Waals surface area contributed by atoms with Gasteiger partial charge in [-0.1, -0.05) is 24.3 Å². The third kappa shape index (κ3) is 3.56. The molecular formula is C21H20F2N2O3. The van der Waals surface area contributed by atoms with Gasteiger partial charge in [0, 0.05) is 37.1 Å². The highest BCUT2D eigenvalue weighted by molar-refractivity contribution is 5.94. The van der Waals surface area contributed by atoms with Gasteiger partial charge in [-0.2, -0.15) is 0 Å². The number of piperidine rings is 1. The van der Waals surface area contributed by atoms with Crippen molar-refractivity contribution in [3.05, 3.63) is 71.3 Å². The maximum atomic E-state index is 13.9. The summed E-state index contributed by atoms with van der Waals surface area (Å²) in [5.41, 5.74) is 0.0805. The molecule has 0 atom stereocenters. The first-order valence-electron chi connectivity index (χ1n) is 9.22. The van der Waals surface area contributed by atoms with Crippen molar-refractivity contribution in [3.8, 4) is 0 Å². The molecule has 0 aromatic heterocycles. The summed E-state index contributed by atoms with van der Waals surface area (Å²) in [5.74, 6) is -1.04. The molecule has 7 heteroatoms. The molecule has 0 bridgehead atoms. The Labute approximate surface area is 161 Å². The number of rotatable bonds is 3. The highest BCUT2D eigenvalue weighted by Gasteiger charge is 2.47. The number of halogens is 2. The van der Waals surface area contributed by atoms with Crippen LogP contribution < -0.4 is 0 Å². The van der Waals surface area contributed by atoms with Crippen molar-refractivity contribution in [2.45, 2.75) is 25.0 Å². The molecule has 0 saturated carbocycles. The molecule has 2 heterocycles. The Hall–Kier alpha value is -2.96. The summed E-state index contributed by atoms with van der Waals surface area (Å²) in [6.45, 7) is 1.34. The van der Waals surface area contributed by atoms with Crippen LogP contribution in [0.4, 0.5) is 13.6 Å². The van der Waals surface area contributed by atoms with Crippen LogP contribution in [0.3, 0.4) is 0 Å². The number of carbonyl (C=O) groups is 2. The predicted molar refractivity (Wildman–Crippen MR) is 97.6 cm³/mol. The summed E-state index contributed by atoms with van der Waals surface area (Å²) in [7, 11) is 0. The highest BCUT2D eigenvalue weighted by atomic mass is 19.1. The van der Waals surface area contributed by atoms with Crippen LogP contribution in [0.5, 0.6) is 0 Å². The van der Waals surface area contributed by atoms with Crippen molar-refractivity contribution in [1.29, 1.82) is 0 Å². The minimum atomic E-state index is -0.666. The summed E-state index contributed by atoms with van der Waals surface area (Å²) in [4.78, 5) is 28.0. The molecule has 0 aliphatic carbocycles. The van der Waals surface area contributed by atoms with Gasteiger partial charge in [-0.05, 0) is 24.3 Å². The van der Waals surface area contributed by atoms with Gasteiger partial charge in [0.15, 0.2) is 0 Å². The Kier molecular flexibility index (Phi) is 4.75. The van der Waals surface area contributed by atoms with Crippen LogP contribution in [0.25, 0.3) is 0 Å². The normalized spacial score (nSPS) is 18.4. The molecular weight excluding hydrogens is 366 g/mol. The Morgan fingerprint density at radius 2 is 1.82 bits per heavy atom. The van der Waals surface area contributed by atoms with Crippen LogP contribution >= 0.6 is 0 Å². The van der Waals surface area contributed by atoms with E-state index in [0.717, 1.165) is 0 Å². The van der Waals surface area contributed by atoms with E-state index in [1.54, 1.807) is 29.2 Å². The number of nitrogens with zero attached hydrogens (tertiary/aromatic N) is 2. The first-order chi connectivity index (χ1) is 13.5. The molecule has 2 aromatic carbocycles. The van der Waals surface area contributed by atoms with Gasteiger partial charge in [0.1, 0.15) is 17.2 Å². The molecule has 0 radical (unpaired) electrons. The molecule has 0 N–H and O–H groups in total. The SMILES string of the molecule is O=C1OC2(CCN(C(=O)c3cccc(F)c3)CC2)CN1Cc1ccccc1F. The fourth-order valence-electron chi connectivity index (χ4n) is 3.83. The number of amides is 2. The first-order valence-corrected chi connectivity index (χ1v) is 9.22. The van der Waals surface area contributed by atoms with Crippen LogP contribution in [0.2, 0.25) is 0 Å². The summed E-state index contributed by atoms with van der Waals surface area (Å²) in [6, 6.07) is 12.0. The van der Waals surface area contributed by atoms with Crippen LogP contribution in [0.1, 0.15) is 28.8 Å². The second kappa shape index (κ2) is 7.22. The van der Waals surface area contributed by atoms with Crippen molar-refractivity contribution < 1.29 is 23.1 Å². The standard InChI is InChI=1S/C21H20F2N2O3/c22-17-6-3-5-15(12-17)19(26)24-10-8-21(9-11-24)14-25(20(27)28-21)13-16-4-1-2-7-18(16)23/h1-7,12H,8-11,13-14H2. The van der Waals surface area contributed by atoms with E-state index in [1.165, 1.54) is 29.2 Å². The number of likely N-dealkylation sites (tertiary alicyclic amines) is 1. The zero-order chi connectivity index (χ0) is 19.7. The molecule has 2 amide bonds.